The fourth-order valence-electron chi connectivity index (χ4n) is 3.64. The predicted molar refractivity (Wildman–Crippen MR) is 78.4 cm³/mol. The maximum Gasteiger partial charge on any atom is 0.418 e. The van der Waals surface area contributed by atoms with Crippen molar-refractivity contribution in [2.24, 2.45) is 17.8 Å². The lowest BCUT2D eigenvalue weighted by Crippen LogP contribution is -2.30. The Labute approximate surface area is 127 Å². The van der Waals surface area contributed by atoms with Gasteiger partial charge in [0.1, 0.15) is 0 Å². The van der Waals surface area contributed by atoms with Crippen LogP contribution in [0.5, 0.6) is 0 Å². The molecule has 4 unspecified atom stereocenters. The molecule has 1 aromatic rings. The normalized spacial score (nSPS) is 28.9. The van der Waals surface area contributed by atoms with Gasteiger partial charge >= 0.3 is 6.18 Å². The van der Waals surface area contributed by atoms with Crippen molar-refractivity contribution in [3.8, 4) is 0 Å². The summed E-state index contributed by atoms with van der Waals surface area (Å²) >= 11 is 5.99. The van der Waals surface area contributed by atoms with Gasteiger partial charge in [0.15, 0.2) is 0 Å². The quantitative estimate of drug-likeness (QED) is 0.739. The average molecular weight is 316 g/mol. The first kappa shape index (κ1) is 14.8. The lowest BCUT2D eigenvalue weighted by atomic mass is 9.87. The third kappa shape index (κ3) is 2.78. The summed E-state index contributed by atoms with van der Waals surface area (Å²) in [5.74, 6) is 1.45. The molecule has 0 aromatic heterocycles. The SMILES string of the molecule is CC(Nc1c(Cl)cccc1C(F)(F)F)C1CC2C=CC1C2. The summed E-state index contributed by atoms with van der Waals surface area (Å²) in [6.45, 7) is 1.95. The van der Waals surface area contributed by atoms with Crippen molar-refractivity contribution in [2.45, 2.75) is 32.0 Å². The Balaban J connectivity index is 1.83. The first-order chi connectivity index (χ1) is 9.86. The molecular formula is C16H17ClF3N. The van der Waals surface area contributed by atoms with E-state index in [9.17, 15) is 13.2 Å². The van der Waals surface area contributed by atoms with E-state index in [4.69, 9.17) is 11.6 Å². The molecule has 2 aliphatic rings. The van der Waals surface area contributed by atoms with Gasteiger partial charge in [-0.25, -0.2) is 0 Å². The van der Waals surface area contributed by atoms with Crippen molar-refractivity contribution in [3.05, 3.63) is 40.9 Å². The highest BCUT2D eigenvalue weighted by atomic mass is 35.5. The van der Waals surface area contributed by atoms with E-state index in [1.54, 1.807) is 0 Å². The molecule has 1 nitrogen and oxygen atoms in total. The summed E-state index contributed by atoms with van der Waals surface area (Å²) in [6.07, 6.45) is 2.20. The van der Waals surface area contributed by atoms with E-state index in [2.05, 4.69) is 17.5 Å². The number of anilines is 1. The Kier molecular flexibility index (Phi) is 3.68. The van der Waals surface area contributed by atoms with E-state index >= 15 is 0 Å². The molecule has 1 fully saturated rings. The van der Waals surface area contributed by atoms with E-state index in [1.807, 2.05) is 6.92 Å². The number of hydrogen-bond acceptors (Lipinski definition) is 1. The van der Waals surface area contributed by atoms with Crippen molar-refractivity contribution >= 4 is 17.3 Å². The number of allylic oxidation sites excluding steroid dienone is 2. The molecule has 5 heteroatoms. The van der Waals surface area contributed by atoms with Crippen molar-refractivity contribution in [2.75, 3.05) is 5.32 Å². The van der Waals surface area contributed by atoms with E-state index in [1.165, 1.54) is 12.1 Å². The van der Waals surface area contributed by atoms with Crippen molar-refractivity contribution in [1.29, 1.82) is 0 Å². The maximum absolute atomic E-state index is 13.1. The summed E-state index contributed by atoms with van der Waals surface area (Å²) in [5, 5.41) is 3.15. The van der Waals surface area contributed by atoms with Gasteiger partial charge in [0.2, 0.25) is 0 Å². The predicted octanol–water partition coefficient (Wildman–Crippen LogP) is 5.37. The molecule has 1 saturated carbocycles. The number of para-hydroxylation sites is 1. The zero-order chi connectivity index (χ0) is 15.2. The summed E-state index contributed by atoms with van der Waals surface area (Å²) in [5.41, 5.74) is -0.688. The van der Waals surface area contributed by atoms with Crippen LogP contribution < -0.4 is 5.32 Å². The lowest BCUT2D eigenvalue weighted by Gasteiger charge is -2.28. The van der Waals surface area contributed by atoms with Crippen molar-refractivity contribution < 1.29 is 13.2 Å². The molecule has 4 atom stereocenters. The summed E-state index contributed by atoms with van der Waals surface area (Å²) in [6, 6.07) is 3.86. The van der Waals surface area contributed by atoms with Crippen LogP contribution in [0.1, 0.15) is 25.3 Å². The lowest BCUT2D eigenvalue weighted by molar-refractivity contribution is -0.137. The molecular weight excluding hydrogens is 299 g/mol. The van der Waals surface area contributed by atoms with Crippen LogP contribution in [0.15, 0.2) is 30.4 Å². The van der Waals surface area contributed by atoms with Gasteiger partial charge < -0.3 is 5.32 Å². The fourth-order valence-corrected chi connectivity index (χ4v) is 3.87. The Morgan fingerprint density at radius 1 is 1.24 bits per heavy atom. The largest absolute Gasteiger partial charge is 0.418 e. The summed E-state index contributed by atoms with van der Waals surface area (Å²) < 4.78 is 39.3. The highest BCUT2D eigenvalue weighted by Crippen LogP contribution is 2.46. The number of nitrogens with one attached hydrogen (secondary N) is 1. The maximum atomic E-state index is 13.1. The zero-order valence-corrected chi connectivity index (χ0v) is 12.4. The molecule has 0 heterocycles. The molecule has 0 amide bonds. The van der Waals surface area contributed by atoms with Gasteiger partial charge in [-0.2, -0.15) is 13.2 Å². The van der Waals surface area contributed by atoms with Crippen LogP contribution >= 0.6 is 11.6 Å². The molecule has 1 N–H and O–H groups in total. The zero-order valence-electron chi connectivity index (χ0n) is 11.6. The van der Waals surface area contributed by atoms with Crippen LogP contribution in [-0.4, -0.2) is 6.04 Å². The third-order valence-electron chi connectivity index (χ3n) is 4.66. The van der Waals surface area contributed by atoms with Gasteiger partial charge in [-0.1, -0.05) is 29.8 Å². The summed E-state index contributed by atoms with van der Waals surface area (Å²) in [7, 11) is 0. The van der Waals surface area contributed by atoms with Crippen LogP contribution in [0.25, 0.3) is 0 Å². The minimum absolute atomic E-state index is 0.00548. The van der Waals surface area contributed by atoms with Crippen molar-refractivity contribution in [1.82, 2.24) is 0 Å². The highest BCUT2D eigenvalue weighted by molar-refractivity contribution is 6.33. The van der Waals surface area contributed by atoms with Gasteiger partial charge in [-0.15, -0.1) is 0 Å². The minimum atomic E-state index is -4.40. The van der Waals surface area contributed by atoms with Gasteiger partial charge in [0.05, 0.1) is 16.3 Å². The molecule has 3 rings (SSSR count). The Morgan fingerprint density at radius 3 is 2.57 bits per heavy atom. The van der Waals surface area contributed by atoms with Crippen LogP contribution in [0.3, 0.4) is 0 Å². The number of fused-ring (bicyclic) bond motifs is 2. The minimum Gasteiger partial charge on any atom is -0.381 e. The Morgan fingerprint density at radius 2 is 2.00 bits per heavy atom. The first-order valence-electron chi connectivity index (χ1n) is 7.17. The Bertz CT molecular complexity index is 567. The van der Waals surface area contributed by atoms with Crippen LogP contribution in [0.2, 0.25) is 5.02 Å². The van der Waals surface area contributed by atoms with Gasteiger partial charge in [-0.05, 0) is 49.7 Å². The molecule has 21 heavy (non-hydrogen) atoms. The van der Waals surface area contributed by atoms with E-state index in [0.717, 1.165) is 18.9 Å². The summed E-state index contributed by atoms with van der Waals surface area (Å²) in [4.78, 5) is 0. The fraction of sp³-hybridized carbons (Fsp3) is 0.500. The third-order valence-corrected chi connectivity index (χ3v) is 4.98. The van der Waals surface area contributed by atoms with Crippen molar-refractivity contribution in [3.63, 3.8) is 0 Å². The van der Waals surface area contributed by atoms with Gasteiger partial charge in [0.25, 0.3) is 0 Å². The number of halogens is 4. The number of rotatable bonds is 3. The number of benzene rings is 1. The molecule has 0 radical (unpaired) electrons. The number of hydrogen-bond donors (Lipinski definition) is 1. The monoisotopic (exact) mass is 315 g/mol. The molecule has 2 aliphatic carbocycles. The Hall–Kier alpha value is -1.16. The molecule has 0 saturated heterocycles. The molecule has 2 bridgehead atoms. The van der Waals surface area contributed by atoms with Crippen LogP contribution in [-0.2, 0) is 6.18 Å². The topological polar surface area (TPSA) is 12.0 Å². The second-order valence-corrected chi connectivity index (χ2v) is 6.44. The standard InChI is InChI=1S/C16H17ClF3N/c1-9(12-8-10-5-6-11(12)7-10)21-15-13(16(18,19)20)3-2-4-14(15)17/h2-6,9-12,21H,7-8H2,1H3. The molecule has 0 spiro atoms. The van der Waals surface area contributed by atoms with Crippen LogP contribution in [0, 0.1) is 17.8 Å². The van der Waals surface area contributed by atoms with E-state index < -0.39 is 11.7 Å². The highest BCUT2D eigenvalue weighted by Gasteiger charge is 2.40. The van der Waals surface area contributed by atoms with Gasteiger partial charge in [0, 0.05) is 6.04 Å². The molecule has 114 valence electrons. The average Bonchev–Trinajstić information content (AvgIpc) is 3.02. The molecule has 0 aliphatic heterocycles. The second-order valence-electron chi connectivity index (χ2n) is 6.04. The van der Waals surface area contributed by atoms with Gasteiger partial charge in [-0.3, -0.25) is 0 Å². The second kappa shape index (κ2) is 5.24. The van der Waals surface area contributed by atoms with E-state index in [-0.39, 0.29) is 16.8 Å². The van der Waals surface area contributed by atoms with Crippen LogP contribution in [0.4, 0.5) is 18.9 Å². The molecule has 1 aromatic carbocycles. The first-order valence-corrected chi connectivity index (χ1v) is 7.54. The number of alkyl halides is 3. The van der Waals surface area contributed by atoms with E-state index in [0.29, 0.717) is 17.8 Å². The smallest absolute Gasteiger partial charge is 0.381 e.